The Morgan fingerprint density at radius 2 is 2.12 bits per heavy atom. The molecular formula is C11H15Cl2NOS. The number of hydrogen-bond donors (Lipinski definition) is 1. The molecule has 0 saturated heterocycles. The first-order valence-electron chi connectivity index (χ1n) is 5.02. The molecule has 0 radical (unpaired) electrons. The predicted octanol–water partition coefficient (Wildman–Crippen LogP) is 2.84. The monoisotopic (exact) mass is 279 g/mol. The van der Waals surface area contributed by atoms with Crippen molar-refractivity contribution in [3.63, 3.8) is 0 Å². The van der Waals surface area contributed by atoms with Gasteiger partial charge in [-0.3, -0.25) is 4.21 Å². The molecule has 0 saturated carbocycles. The molecule has 2 N–H and O–H groups in total. The minimum Gasteiger partial charge on any atom is -0.330 e. The standard InChI is InChI=1S/C11H15Cl2NOS/c1-8(5-14)6-16(15)7-9-4-10(12)2-3-11(9)13/h2-4,8H,5-7,14H2,1H3. The molecule has 0 aliphatic carbocycles. The molecule has 2 unspecified atom stereocenters. The first-order chi connectivity index (χ1) is 7.52. The van der Waals surface area contributed by atoms with Gasteiger partial charge in [-0.2, -0.15) is 0 Å². The quantitative estimate of drug-likeness (QED) is 0.901. The van der Waals surface area contributed by atoms with E-state index in [4.69, 9.17) is 28.9 Å². The molecule has 0 heterocycles. The van der Waals surface area contributed by atoms with Crippen LogP contribution in [0.2, 0.25) is 10.0 Å². The molecule has 1 aromatic carbocycles. The summed E-state index contributed by atoms with van der Waals surface area (Å²) in [5.74, 6) is 1.29. The predicted molar refractivity (Wildman–Crippen MR) is 71.4 cm³/mol. The van der Waals surface area contributed by atoms with E-state index >= 15 is 0 Å². The van der Waals surface area contributed by atoms with Crippen molar-refractivity contribution in [2.75, 3.05) is 12.3 Å². The Morgan fingerprint density at radius 1 is 1.44 bits per heavy atom. The maximum Gasteiger partial charge on any atom is 0.0501 e. The SMILES string of the molecule is CC(CN)CS(=O)Cc1cc(Cl)ccc1Cl. The van der Waals surface area contributed by atoms with Crippen LogP contribution in [0.25, 0.3) is 0 Å². The summed E-state index contributed by atoms with van der Waals surface area (Å²) in [6.45, 7) is 2.53. The van der Waals surface area contributed by atoms with E-state index < -0.39 is 10.8 Å². The van der Waals surface area contributed by atoms with Crippen molar-refractivity contribution in [1.29, 1.82) is 0 Å². The molecule has 0 amide bonds. The average Bonchev–Trinajstić information content (AvgIpc) is 2.23. The van der Waals surface area contributed by atoms with E-state index in [1.807, 2.05) is 6.92 Å². The van der Waals surface area contributed by atoms with Gasteiger partial charge < -0.3 is 5.73 Å². The number of halogens is 2. The molecule has 0 aromatic heterocycles. The van der Waals surface area contributed by atoms with Crippen LogP contribution in [-0.4, -0.2) is 16.5 Å². The second-order valence-corrected chi connectivity index (χ2v) is 6.17. The van der Waals surface area contributed by atoms with E-state index in [1.54, 1.807) is 18.2 Å². The Hall–Kier alpha value is -0.0900. The molecule has 5 heteroatoms. The zero-order valence-corrected chi connectivity index (χ0v) is 11.4. The fourth-order valence-electron chi connectivity index (χ4n) is 1.27. The average molecular weight is 280 g/mol. The highest BCUT2D eigenvalue weighted by Gasteiger charge is 2.09. The second-order valence-electron chi connectivity index (χ2n) is 3.83. The third kappa shape index (κ3) is 4.42. The maximum atomic E-state index is 11.8. The summed E-state index contributed by atoms with van der Waals surface area (Å²) in [6, 6.07) is 5.20. The largest absolute Gasteiger partial charge is 0.330 e. The summed E-state index contributed by atoms with van der Waals surface area (Å²) in [4.78, 5) is 0. The molecule has 90 valence electrons. The summed E-state index contributed by atoms with van der Waals surface area (Å²) >= 11 is 11.8. The van der Waals surface area contributed by atoms with Gasteiger partial charge in [0, 0.05) is 26.6 Å². The first kappa shape index (κ1) is 14.0. The van der Waals surface area contributed by atoms with Crippen molar-refractivity contribution in [2.45, 2.75) is 12.7 Å². The topological polar surface area (TPSA) is 43.1 Å². The number of hydrogen-bond acceptors (Lipinski definition) is 2. The highest BCUT2D eigenvalue weighted by molar-refractivity contribution is 7.84. The van der Waals surface area contributed by atoms with Crippen molar-refractivity contribution in [1.82, 2.24) is 0 Å². The fourth-order valence-corrected chi connectivity index (χ4v) is 3.20. The van der Waals surface area contributed by atoms with Crippen LogP contribution in [0.4, 0.5) is 0 Å². The van der Waals surface area contributed by atoms with Crippen LogP contribution in [0.1, 0.15) is 12.5 Å². The van der Waals surface area contributed by atoms with Crippen LogP contribution in [0.5, 0.6) is 0 Å². The molecule has 2 nitrogen and oxygen atoms in total. The smallest absolute Gasteiger partial charge is 0.0501 e. The van der Waals surface area contributed by atoms with Crippen LogP contribution in [-0.2, 0) is 16.6 Å². The Kier molecular flexibility index (Phi) is 5.76. The molecule has 0 aliphatic rings. The second kappa shape index (κ2) is 6.60. The maximum absolute atomic E-state index is 11.8. The van der Waals surface area contributed by atoms with E-state index in [2.05, 4.69) is 0 Å². The van der Waals surface area contributed by atoms with Gasteiger partial charge in [-0.1, -0.05) is 30.1 Å². The summed E-state index contributed by atoms with van der Waals surface area (Å²) in [5, 5.41) is 1.22. The molecule has 0 fully saturated rings. The minimum atomic E-state index is -0.943. The van der Waals surface area contributed by atoms with Gasteiger partial charge in [0.2, 0.25) is 0 Å². The molecule has 1 aromatic rings. The van der Waals surface area contributed by atoms with Crippen molar-refractivity contribution in [3.05, 3.63) is 33.8 Å². The molecular weight excluding hydrogens is 265 g/mol. The summed E-state index contributed by atoms with van der Waals surface area (Å²) in [5.41, 5.74) is 6.32. The van der Waals surface area contributed by atoms with Gasteiger partial charge in [0.25, 0.3) is 0 Å². The summed E-state index contributed by atoms with van der Waals surface area (Å²) in [6.07, 6.45) is 0. The van der Waals surface area contributed by atoms with E-state index in [-0.39, 0.29) is 5.92 Å². The Balaban J connectivity index is 2.65. The van der Waals surface area contributed by atoms with Crippen LogP contribution in [0.15, 0.2) is 18.2 Å². The van der Waals surface area contributed by atoms with Crippen molar-refractivity contribution >= 4 is 34.0 Å². The lowest BCUT2D eigenvalue weighted by atomic mass is 10.2. The molecule has 0 bridgehead atoms. The number of nitrogens with two attached hydrogens (primary N) is 1. The Morgan fingerprint density at radius 3 is 2.75 bits per heavy atom. The van der Waals surface area contributed by atoms with Crippen LogP contribution < -0.4 is 5.73 Å². The molecule has 1 rings (SSSR count). The van der Waals surface area contributed by atoms with Crippen molar-refractivity contribution in [3.8, 4) is 0 Å². The Bertz CT molecular complexity index is 384. The molecule has 0 aliphatic heterocycles. The first-order valence-corrected chi connectivity index (χ1v) is 7.26. The van der Waals surface area contributed by atoms with Crippen LogP contribution >= 0.6 is 23.2 Å². The molecule has 16 heavy (non-hydrogen) atoms. The van der Waals surface area contributed by atoms with Gasteiger partial charge in [-0.15, -0.1) is 0 Å². The van der Waals surface area contributed by atoms with E-state index in [1.165, 1.54) is 0 Å². The van der Waals surface area contributed by atoms with E-state index in [0.29, 0.717) is 28.1 Å². The number of rotatable bonds is 5. The minimum absolute atomic E-state index is 0.263. The van der Waals surface area contributed by atoms with Gasteiger partial charge in [0.05, 0.1) is 5.75 Å². The van der Waals surface area contributed by atoms with Crippen molar-refractivity contribution in [2.24, 2.45) is 11.7 Å². The fraction of sp³-hybridized carbons (Fsp3) is 0.455. The van der Waals surface area contributed by atoms with Crippen molar-refractivity contribution < 1.29 is 4.21 Å². The normalized spacial score (nSPS) is 14.8. The van der Waals surface area contributed by atoms with Gasteiger partial charge in [0.1, 0.15) is 0 Å². The van der Waals surface area contributed by atoms with Gasteiger partial charge >= 0.3 is 0 Å². The zero-order chi connectivity index (χ0) is 12.1. The molecule has 2 atom stereocenters. The third-order valence-electron chi connectivity index (χ3n) is 2.20. The lowest BCUT2D eigenvalue weighted by Gasteiger charge is -2.09. The Labute approximate surface area is 109 Å². The zero-order valence-electron chi connectivity index (χ0n) is 9.08. The van der Waals surface area contributed by atoms with Crippen LogP contribution in [0.3, 0.4) is 0 Å². The molecule has 0 spiro atoms. The van der Waals surface area contributed by atoms with Gasteiger partial charge in [-0.25, -0.2) is 0 Å². The lowest BCUT2D eigenvalue weighted by Crippen LogP contribution is -2.18. The van der Waals surface area contributed by atoms with E-state index in [0.717, 1.165) is 5.56 Å². The van der Waals surface area contributed by atoms with Gasteiger partial charge in [-0.05, 0) is 36.2 Å². The number of benzene rings is 1. The highest BCUT2D eigenvalue weighted by atomic mass is 35.5. The summed E-state index contributed by atoms with van der Waals surface area (Å²) in [7, 11) is -0.943. The van der Waals surface area contributed by atoms with Crippen LogP contribution in [0, 0.1) is 5.92 Å². The van der Waals surface area contributed by atoms with Gasteiger partial charge in [0.15, 0.2) is 0 Å². The lowest BCUT2D eigenvalue weighted by molar-refractivity contribution is 0.640. The summed E-state index contributed by atoms with van der Waals surface area (Å²) < 4.78 is 11.8. The third-order valence-corrected chi connectivity index (χ3v) is 4.37. The highest BCUT2D eigenvalue weighted by Crippen LogP contribution is 2.22. The van der Waals surface area contributed by atoms with E-state index in [9.17, 15) is 4.21 Å².